The first-order chi connectivity index (χ1) is 7.88. The van der Waals surface area contributed by atoms with Gasteiger partial charge < -0.3 is 10.0 Å². The molecule has 1 N–H and O–H groups in total. The molecule has 92 valence electrons. The molecule has 1 aliphatic heterocycles. The van der Waals surface area contributed by atoms with Gasteiger partial charge in [0.15, 0.2) is 0 Å². The third-order valence-corrected chi connectivity index (χ3v) is 4.09. The second kappa shape index (κ2) is 4.19. The molecular formula is C10H10ClNO4S. The van der Waals surface area contributed by atoms with Crippen LogP contribution in [0.4, 0.5) is 4.79 Å². The number of halogens is 1. The van der Waals surface area contributed by atoms with Crippen molar-refractivity contribution in [3.8, 4) is 0 Å². The lowest BCUT2D eigenvalue weighted by atomic mass is 10.0. The first kappa shape index (κ1) is 12.2. The van der Waals surface area contributed by atoms with Crippen molar-refractivity contribution in [1.82, 2.24) is 4.90 Å². The molecule has 5 nitrogen and oxygen atoms in total. The zero-order valence-corrected chi connectivity index (χ0v) is 10.3. The highest BCUT2D eigenvalue weighted by atomic mass is 35.7. The van der Waals surface area contributed by atoms with E-state index < -0.39 is 15.1 Å². The minimum Gasteiger partial charge on any atom is -0.465 e. The summed E-state index contributed by atoms with van der Waals surface area (Å²) in [6.07, 6.45) is -0.417. The molecule has 0 radical (unpaired) electrons. The number of fused-ring (bicyclic) bond motifs is 1. The maximum Gasteiger partial charge on any atom is 0.407 e. The molecule has 0 unspecified atom stereocenters. The molecule has 1 heterocycles. The molecule has 1 amide bonds. The highest BCUT2D eigenvalue weighted by Crippen LogP contribution is 2.24. The number of rotatable bonds is 1. The van der Waals surface area contributed by atoms with E-state index >= 15 is 0 Å². The Kier molecular flexibility index (Phi) is 3.01. The lowest BCUT2D eigenvalue weighted by Crippen LogP contribution is -2.34. The maximum absolute atomic E-state index is 11.2. The minimum atomic E-state index is -3.77. The molecular weight excluding hydrogens is 266 g/mol. The summed E-state index contributed by atoms with van der Waals surface area (Å²) in [5.41, 5.74) is 1.66. The third-order valence-electron chi connectivity index (χ3n) is 2.74. The Labute approximate surface area is 103 Å². The summed E-state index contributed by atoms with van der Waals surface area (Å²) in [4.78, 5) is 12.1. The van der Waals surface area contributed by atoms with Gasteiger partial charge in [0.25, 0.3) is 9.05 Å². The predicted molar refractivity (Wildman–Crippen MR) is 61.6 cm³/mol. The van der Waals surface area contributed by atoms with Gasteiger partial charge in [0.2, 0.25) is 0 Å². The Morgan fingerprint density at radius 2 is 2.06 bits per heavy atom. The number of carbonyl (C=O) groups is 1. The molecule has 0 saturated heterocycles. The molecule has 0 atom stereocenters. The molecule has 0 bridgehead atoms. The van der Waals surface area contributed by atoms with Crippen LogP contribution >= 0.6 is 10.7 Å². The lowest BCUT2D eigenvalue weighted by Gasteiger charge is -2.26. The predicted octanol–water partition coefficient (Wildman–Crippen LogP) is 1.65. The second-order valence-corrected chi connectivity index (χ2v) is 6.39. The van der Waals surface area contributed by atoms with Gasteiger partial charge in [-0.1, -0.05) is 6.07 Å². The van der Waals surface area contributed by atoms with Crippen molar-refractivity contribution in [2.45, 2.75) is 17.9 Å². The van der Waals surface area contributed by atoms with Gasteiger partial charge in [0.1, 0.15) is 0 Å². The Hall–Kier alpha value is -1.27. The summed E-state index contributed by atoms with van der Waals surface area (Å²) in [6.45, 7) is 0.625. The van der Waals surface area contributed by atoms with E-state index in [1.165, 1.54) is 17.0 Å². The van der Waals surface area contributed by atoms with Crippen molar-refractivity contribution in [3.63, 3.8) is 0 Å². The van der Waals surface area contributed by atoms with E-state index in [1.807, 2.05) is 0 Å². The van der Waals surface area contributed by atoms with Crippen LogP contribution in [-0.2, 0) is 22.0 Å². The van der Waals surface area contributed by atoms with E-state index in [-0.39, 0.29) is 11.4 Å². The van der Waals surface area contributed by atoms with Crippen molar-refractivity contribution in [2.24, 2.45) is 0 Å². The number of carboxylic acid groups (broad SMARTS) is 1. The van der Waals surface area contributed by atoms with Gasteiger partial charge in [-0.3, -0.25) is 0 Å². The van der Waals surface area contributed by atoms with Gasteiger partial charge in [-0.15, -0.1) is 0 Å². The third kappa shape index (κ3) is 2.53. The number of benzene rings is 1. The molecule has 0 fully saturated rings. The van der Waals surface area contributed by atoms with Gasteiger partial charge in [0, 0.05) is 23.8 Å². The lowest BCUT2D eigenvalue weighted by molar-refractivity contribution is 0.140. The van der Waals surface area contributed by atoms with Crippen molar-refractivity contribution in [1.29, 1.82) is 0 Å². The van der Waals surface area contributed by atoms with E-state index in [0.29, 0.717) is 18.5 Å². The fourth-order valence-corrected chi connectivity index (χ4v) is 2.65. The number of hydrogen-bond donors (Lipinski definition) is 1. The quantitative estimate of drug-likeness (QED) is 0.791. The van der Waals surface area contributed by atoms with E-state index in [2.05, 4.69) is 0 Å². The fraction of sp³-hybridized carbons (Fsp3) is 0.300. The molecule has 0 saturated carbocycles. The van der Waals surface area contributed by atoms with E-state index in [0.717, 1.165) is 5.56 Å². The van der Waals surface area contributed by atoms with Crippen molar-refractivity contribution < 1.29 is 18.3 Å². The highest BCUT2D eigenvalue weighted by Gasteiger charge is 2.21. The molecule has 1 aliphatic rings. The molecule has 1 aromatic rings. The van der Waals surface area contributed by atoms with Crippen molar-refractivity contribution >= 4 is 25.8 Å². The van der Waals surface area contributed by atoms with Crippen LogP contribution in [0.1, 0.15) is 11.1 Å². The molecule has 7 heteroatoms. The van der Waals surface area contributed by atoms with Crippen molar-refractivity contribution in [2.75, 3.05) is 6.54 Å². The molecule has 0 aliphatic carbocycles. The summed E-state index contributed by atoms with van der Waals surface area (Å²) in [5.74, 6) is 0. The summed E-state index contributed by atoms with van der Waals surface area (Å²) in [7, 11) is 1.47. The fourth-order valence-electron chi connectivity index (χ4n) is 1.85. The molecule has 2 rings (SSSR count). The van der Waals surface area contributed by atoms with Crippen LogP contribution in [0.15, 0.2) is 23.1 Å². The van der Waals surface area contributed by atoms with Crippen LogP contribution in [0.25, 0.3) is 0 Å². The van der Waals surface area contributed by atoms with Crippen LogP contribution in [-0.4, -0.2) is 31.1 Å². The van der Waals surface area contributed by atoms with Gasteiger partial charge in [-0.25, -0.2) is 13.2 Å². The average Bonchev–Trinajstić information content (AvgIpc) is 2.26. The van der Waals surface area contributed by atoms with Gasteiger partial charge in [-0.05, 0) is 29.7 Å². The van der Waals surface area contributed by atoms with Crippen LogP contribution in [0.2, 0.25) is 0 Å². The Balaban J connectivity index is 2.39. The summed E-state index contributed by atoms with van der Waals surface area (Å²) >= 11 is 0. The Bertz CT molecular complexity index is 570. The SMILES string of the molecule is O=C(O)N1CCc2ccc(S(=O)(=O)Cl)cc2C1. The zero-order chi connectivity index (χ0) is 12.6. The van der Waals surface area contributed by atoms with Gasteiger partial charge >= 0.3 is 6.09 Å². The van der Waals surface area contributed by atoms with E-state index in [4.69, 9.17) is 15.8 Å². The maximum atomic E-state index is 11.2. The molecule has 1 aromatic carbocycles. The Morgan fingerprint density at radius 1 is 1.35 bits per heavy atom. The zero-order valence-electron chi connectivity index (χ0n) is 8.76. The van der Waals surface area contributed by atoms with E-state index in [9.17, 15) is 13.2 Å². The highest BCUT2D eigenvalue weighted by molar-refractivity contribution is 8.13. The summed E-state index contributed by atoms with van der Waals surface area (Å²) < 4.78 is 22.3. The standard InChI is InChI=1S/C10H10ClNO4S/c11-17(15,16)9-2-1-7-3-4-12(10(13)14)6-8(7)5-9/h1-2,5H,3-4,6H2,(H,13,14). The average molecular weight is 276 g/mol. The molecule has 0 aromatic heterocycles. The Morgan fingerprint density at radius 3 is 2.65 bits per heavy atom. The second-order valence-electron chi connectivity index (χ2n) is 3.82. The molecule has 0 spiro atoms. The van der Waals surface area contributed by atoms with Crippen molar-refractivity contribution in [3.05, 3.63) is 29.3 Å². The normalized spacial score (nSPS) is 15.5. The topological polar surface area (TPSA) is 74.7 Å². The van der Waals surface area contributed by atoms with Crippen LogP contribution in [0.5, 0.6) is 0 Å². The van der Waals surface area contributed by atoms with E-state index in [1.54, 1.807) is 6.07 Å². The van der Waals surface area contributed by atoms with Crippen LogP contribution in [0, 0.1) is 0 Å². The first-order valence-corrected chi connectivity index (χ1v) is 7.23. The van der Waals surface area contributed by atoms with Crippen LogP contribution in [0.3, 0.4) is 0 Å². The number of hydrogen-bond acceptors (Lipinski definition) is 3. The first-order valence-electron chi connectivity index (χ1n) is 4.92. The molecule has 17 heavy (non-hydrogen) atoms. The monoisotopic (exact) mass is 275 g/mol. The largest absolute Gasteiger partial charge is 0.465 e. The summed E-state index contributed by atoms with van der Waals surface area (Å²) in [6, 6.07) is 4.56. The van der Waals surface area contributed by atoms with Gasteiger partial charge in [0.05, 0.1) is 4.90 Å². The minimum absolute atomic E-state index is 0.00477. The number of amides is 1. The van der Waals surface area contributed by atoms with Gasteiger partial charge in [-0.2, -0.15) is 0 Å². The number of nitrogens with zero attached hydrogens (tertiary/aromatic N) is 1. The summed E-state index contributed by atoms with van der Waals surface area (Å²) in [5, 5.41) is 8.87. The smallest absolute Gasteiger partial charge is 0.407 e. The van der Waals surface area contributed by atoms with Crippen LogP contribution < -0.4 is 0 Å².